The quantitative estimate of drug-likeness (QED) is 0.0524. The first kappa shape index (κ1) is 44.7. The van der Waals surface area contributed by atoms with Gasteiger partial charge >= 0.3 is 0 Å². The van der Waals surface area contributed by atoms with Crippen LogP contribution in [0.2, 0.25) is 5.02 Å². The van der Waals surface area contributed by atoms with E-state index < -0.39 is 0 Å². The van der Waals surface area contributed by atoms with Gasteiger partial charge in [-0.05, 0) is 120 Å². The molecule has 4 N–H and O–H groups in total. The number of benzene rings is 1. The van der Waals surface area contributed by atoms with Crippen LogP contribution in [0.25, 0.3) is 11.0 Å². The van der Waals surface area contributed by atoms with E-state index in [9.17, 15) is 19.2 Å². The van der Waals surface area contributed by atoms with Crippen LogP contribution in [-0.4, -0.2) is 92.3 Å². The second kappa shape index (κ2) is 19.9. The summed E-state index contributed by atoms with van der Waals surface area (Å²) in [5.74, 6) is 1.48. The van der Waals surface area contributed by atoms with Crippen LogP contribution in [0.15, 0.2) is 59.7 Å². The van der Waals surface area contributed by atoms with E-state index >= 15 is 0 Å². The maximum absolute atomic E-state index is 13.6. The van der Waals surface area contributed by atoms with Gasteiger partial charge in [0, 0.05) is 78.7 Å². The number of piperazine rings is 1. The highest BCUT2D eigenvalue weighted by molar-refractivity contribution is 6.31. The molecule has 15 nitrogen and oxygen atoms in total. The highest BCUT2D eigenvalue weighted by Gasteiger charge is 2.28. The van der Waals surface area contributed by atoms with Gasteiger partial charge in [0.2, 0.25) is 11.9 Å². The zero-order valence-corrected chi connectivity index (χ0v) is 37.9. The lowest BCUT2D eigenvalue weighted by molar-refractivity contribution is -0.123. The normalized spacial score (nSPS) is 16.2. The molecule has 2 aliphatic carbocycles. The third kappa shape index (κ3) is 10.5. The summed E-state index contributed by atoms with van der Waals surface area (Å²) in [6, 6.07) is 13.0. The number of nitrogens with zero attached hydrogens (tertiary/aromatic N) is 7. The number of Topliss-reactive ketones (excluding diaryl/α,β-unsaturated/α-hetero) is 1. The van der Waals surface area contributed by atoms with Crippen molar-refractivity contribution in [3.63, 3.8) is 0 Å². The van der Waals surface area contributed by atoms with Crippen LogP contribution in [0.3, 0.4) is 0 Å². The van der Waals surface area contributed by atoms with E-state index in [-0.39, 0.29) is 40.8 Å². The number of hydrogen-bond donors (Lipinski definition) is 4. The van der Waals surface area contributed by atoms with Crippen molar-refractivity contribution in [2.45, 2.75) is 103 Å². The highest BCUT2D eigenvalue weighted by Crippen LogP contribution is 2.41. The van der Waals surface area contributed by atoms with Crippen LogP contribution < -0.4 is 31.7 Å². The Balaban J connectivity index is 0.761. The Bertz CT molecular complexity index is 2580. The first-order valence-electron chi connectivity index (χ1n) is 22.7. The molecule has 5 heterocycles. The maximum Gasteiger partial charge on any atom is 0.263 e. The molecule has 2 saturated carbocycles. The summed E-state index contributed by atoms with van der Waals surface area (Å²) in [6.45, 7) is 11.3. The number of ketones is 1. The van der Waals surface area contributed by atoms with Gasteiger partial charge in [-0.1, -0.05) is 30.5 Å². The predicted molar refractivity (Wildman–Crippen MR) is 253 cm³/mol. The van der Waals surface area contributed by atoms with Gasteiger partial charge in [0.15, 0.2) is 5.78 Å². The molecule has 0 bridgehead atoms. The Kier molecular flexibility index (Phi) is 13.9. The molecule has 0 radical (unpaired) electrons. The van der Waals surface area contributed by atoms with Crippen LogP contribution in [0.4, 0.5) is 29.0 Å². The van der Waals surface area contributed by atoms with Gasteiger partial charge < -0.3 is 26.2 Å². The third-order valence-electron chi connectivity index (χ3n) is 12.7. The van der Waals surface area contributed by atoms with Crippen LogP contribution in [-0.2, 0) is 4.79 Å². The lowest BCUT2D eigenvalue weighted by Gasteiger charge is -2.35. The second-order valence-electron chi connectivity index (χ2n) is 17.6. The minimum Gasteiger partial charge on any atom is -0.384 e. The Morgan fingerprint density at radius 3 is 2.38 bits per heavy atom. The zero-order valence-electron chi connectivity index (χ0n) is 37.2. The minimum absolute atomic E-state index is 0.000930. The van der Waals surface area contributed by atoms with Crippen molar-refractivity contribution < 1.29 is 14.4 Å². The number of aromatic nitrogens is 5. The number of nitrogens with one attached hydrogen (secondary N) is 4. The standard InChI is InChI=1S/C48H58ClN11O4/c1-29-12-18-41(54-44(29)33-13-14-33)55-46(63)37-17-15-34(49)25-39(37)50-20-8-7-9-30(2)53-42(62)28-58-21-23-59(24-22-58)36-16-19-40(51-26-36)56-48-52-27-38-31(3)43(32(4)61)47(64)60(45(38)57-48)35-10-5-6-11-35/h12,15-19,25-27,30,33,35,50H,5-11,13-14,20-24,28H2,1-4H3,(H,53,62)(H,54,55,63)(H,51,52,56,57). The summed E-state index contributed by atoms with van der Waals surface area (Å²) in [5, 5.41) is 14.0. The SMILES string of the molecule is CC(=O)c1c(C)c2cnc(Nc3ccc(N4CCN(CC(=O)NC(C)CCCCNc5cc(Cl)ccc5C(=O)Nc5ccc(C)c(C6CC6)n5)CC4)cn3)nc2n(C2CCCC2)c1=O. The van der Waals surface area contributed by atoms with Crippen LogP contribution in [0, 0.1) is 13.8 Å². The van der Waals surface area contributed by atoms with Crippen molar-refractivity contribution in [1.29, 1.82) is 0 Å². The summed E-state index contributed by atoms with van der Waals surface area (Å²) in [7, 11) is 0. The molecule has 2 amide bonds. The van der Waals surface area contributed by atoms with E-state index in [0.29, 0.717) is 69.5 Å². The molecular weight excluding hydrogens is 830 g/mol. The summed E-state index contributed by atoms with van der Waals surface area (Å²) in [4.78, 5) is 75.5. The molecule has 5 aromatic rings. The molecule has 1 aliphatic heterocycles. The molecule has 3 fully saturated rings. The third-order valence-corrected chi connectivity index (χ3v) is 12.9. The number of hydrogen-bond acceptors (Lipinski definition) is 12. The lowest BCUT2D eigenvalue weighted by atomic mass is 10.0. The first-order valence-corrected chi connectivity index (χ1v) is 23.0. The molecule has 8 rings (SSSR count). The second-order valence-corrected chi connectivity index (χ2v) is 18.0. The number of aryl methyl sites for hydroxylation is 2. The molecule has 1 atom stereocenters. The summed E-state index contributed by atoms with van der Waals surface area (Å²) in [6.07, 6.45) is 12.2. The van der Waals surface area contributed by atoms with Crippen molar-refractivity contribution in [3.05, 3.63) is 98.2 Å². The molecular formula is C48H58ClN11O4. The number of rotatable bonds is 17. The molecule has 4 aromatic heterocycles. The van der Waals surface area contributed by atoms with Gasteiger partial charge in [-0.3, -0.25) is 28.6 Å². The van der Waals surface area contributed by atoms with E-state index in [1.807, 2.05) is 37.4 Å². The number of unbranched alkanes of at least 4 members (excludes halogenated alkanes) is 1. The van der Waals surface area contributed by atoms with Crippen molar-refractivity contribution in [2.75, 3.05) is 60.1 Å². The average Bonchev–Trinajstić information content (AvgIpc) is 3.98. The minimum atomic E-state index is -0.281. The van der Waals surface area contributed by atoms with Crippen molar-refractivity contribution in [2.24, 2.45) is 0 Å². The number of carbonyl (C=O) groups is 3. The number of anilines is 5. The predicted octanol–water partition coefficient (Wildman–Crippen LogP) is 7.95. The van der Waals surface area contributed by atoms with Gasteiger partial charge in [-0.2, -0.15) is 4.98 Å². The van der Waals surface area contributed by atoms with Gasteiger partial charge in [-0.25, -0.2) is 15.0 Å². The van der Waals surface area contributed by atoms with Crippen LogP contribution in [0.1, 0.15) is 121 Å². The molecule has 336 valence electrons. The van der Waals surface area contributed by atoms with Gasteiger partial charge in [0.1, 0.15) is 17.3 Å². The number of amides is 2. The first-order chi connectivity index (χ1) is 30.9. The number of carbonyl (C=O) groups excluding carboxylic acids is 3. The van der Waals surface area contributed by atoms with E-state index in [1.54, 1.807) is 35.9 Å². The van der Waals surface area contributed by atoms with E-state index in [0.717, 1.165) is 101 Å². The van der Waals surface area contributed by atoms with Gasteiger partial charge in [0.05, 0.1) is 29.6 Å². The fourth-order valence-corrected chi connectivity index (χ4v) is 9.23. The Morgan fingerprint density at radius 1 is 0.891 bits per heavy atom. The molecule has 64 heavy (non-hydrogen) atoms. The molecule has 16 heteroatoms. The summed E-state index contributed by atoms with van der Waals surface area (Å²) < 4.78 is 1.71. The smallest absolute Gasteiger partial charge is 0.263 e. The summed E-state index contributed by atoms with van der Waals surface area (Å²) in [5.41, 5.74) is 5.45. The van der Waals surface area contributed by atoms with Crippen molar-refractivity contribution >= 4 is 69.2 Å². The Hall–Kier alpha value is -5.93. The van der Waals surface area contributed by atoms with E-state index in [1.165, 1.54) is 6.92 Å². The van der Waals surface area contributed by atoms with Crippen molar-refractivity contribution in [1.82, 2.24) is 34.7 Å². The van der Waals surface area contributed by atoms with Crippen LogP contribution >= 0.6 is 11.6 Å². The topological polar surface area (TPSA) is 179 Å². The van der Waals surface area contributed by atoms with E-state index in [2.05, 4.69) is 48.0 Å². The monoisotopic (exact) mass is 887 g/mol. The fourth-order valence-electron chi connectivity index (χ4n) is 9.06. The number of fused-ring (bicyclic) bond motifs is 1. The largest absolute Gasteiger partial charge is 0.384 e. The lowest BCUT2D eigenvalue weighted by Crippen LogP contribution is -2.50. The number of halogens is 1. The maximum atomic E-state index is 13.6. The molecule has 0 spiro atoms. The fraction of sp³-hybridized carbons (Fsp3) is 0.458. The highest BCUT2D eigenvalue weighted by atomic mass is 35.5. The van der Waals surface area contributed by atoms with Crippen LogP contribution in [0.5, 0.6) is 0 Å². The Morgan fingerprint density at radius 2 is 1.66 bits per heavy atom. The van der Waals surface area contributed by atoms with Crippen molar-refractivity contribution in [3.8, 4) is 0 Å². The molecule has 1 unspecified atom stereocenters. The van der Waals surface area contributed by atoms with Gasteiger partial charge in [0.25, 0.3) is 11.5 Å². The summed E-state index contributed by atoms with van der Waals surface area (Å²) >= 11 is 6.32. The molecule has 1 aromatic carbocycles. The Labute approximate surface area is 378 Å². The number of pyridine rings is 3. The van der Waals surface area contributed by atoms with Gasteiger partial charge in [-0.15, -0.1) is 0 Å². The zero-order chi connectivity index (χ0) is 44.9. The molecule has 3 aliphatic rings. The average molecular weight is 889 g/mol. The molecule has 1 saturated heterocycles. The van der Waals surface area contributed by atoms with E-state index in [4.69, 9.17) is 21.6 Å².